The lowest BCUT2D eigenvalue weighted by atomic mass is 9.92. The first kappa shape index (κ1) is 20.2. The highest BCUT2D eigenvalue weighted by molar-refractivity contribution is 7.21. The topological polar surface area (TPSA) is 41.6 Å². The van der Waals surface area contributed by atoms with E-state index in [1.54, 1.807) is 13.2 Å². The molecule has 1 fully saturated rings. The summed E-state index contributed by atoms with van der Waals surface area (Å²) in [5.74, 6) is 0.929. The molecule has 148 valence electrons. The Balaban J connectivity index is 1.74. The number of carbonyl (C=O) groups is 1. The first-order valence-electron chi connectivity index (χ1n) is 9.61. The molecule has 1 aliphatic heterocycles. The number of hydrogen-bond donors (Lipinski definition) is 1. The molecule has 3 unspecified atom stereocenters. The van der Waals surface area contributed by atoms with Crippen LogP contribution >= 0.6 is 11.3 Å². The average molecular weight is 393 g/mol. The van der Waals surface area contributed by atoms with Crippen LogP contribution in [0.2, 0.25) is 0 Å². The third-order valence-corrected chi connectivity index (χ3v) is 6.31. The molecule has 0 aliphatic carbocycles. The molecule has 1 aromatic carbocycles. The fourth-order valence-electron chi connectivity index (χ4n) is 4.30. The number of hydrogen-bond acceptors (Lipinski definition) is 4. The molecule has 0 saturated carbocycles. The highest BCUT2D eigenvalue weighted by Crippen LogP contribution is 2.33. The van der Waals surface area contributed by atoms with Crippen LogP contribution in [0.5, 0.6) is 0 Å². The molecule has 1 amide bonds. The second-order valence-electron chi connectivity index (χ2n) is 7.99. The number of benzene rings is 1. The number of nitrogens with zero attached hydrogens (tertiary/aromatic N) is 1. The lowest BCUT2D eigenvalue weighted by Gasteiger charge is -2.36. The van der Waals surface area contributed by atoms with Crippen LogP contribution in [0.4, 0.5) is 4.39 Å². The standard InChI is InChI=1S/C21H29FN2O2S/c1-13-8-14(2)10-24(9-13)11-15(3)23-21(25)20-16(12-26-4)19-17(22)6-5-7-18(19)27-20/h5-7,13-15H,8-12H2,1-4H3,(H,23,25). The molecule has 3 atom stereocenters. The Hall–Kier alpha value is -1.50. The Labute approximate surface area is 164 Å². The van der Waals surface area contributed by atoms with E-state index in [4.69, 9.17) is 4.74 Å². The molecule has 3 rings (SSSR count). The van der Waals surface area contributed by atoms with Gasteiger partial charge >= 0.3 is 0 Å². The van der Waals surface area contributed by atoms with Gasteiger partial charge in [-0.25, -0.2) is 4.39 Å². The van der Waals surface area contributed by atoms with Crippen molar-refractivity contribution in [2.45, 2.75) is 39.8 Å². The number of rotatable bonds is 6. The van der Waals surface area contributed by atoms with Gasteiger partial charge in [-0.15, -0.1) is 11.3 Å². The maximum atomic E-state index is 14.3. The molecule has 1 N–H and O–H groups in total. The van der Waals surface area contributed by atoms with Crippen molar-refractivity contribution >= 4 is 27.3 Å². The molecule has 2 heterocycles. The van der Waals surface area contributed by atoms with E-state index in [0.29, 0.717) is 27.7 Å². The first-order valence-corrected chi connectivity index (χ1v) is 10.4. The van der Waals surface area contributed by atoms with Crippen molar-refractivity contribution in [2.75, 3.05) is 26.7 Å². The van der Waals surface area contributed by atoms with Crippen LogP contribution in [0.15, 0.2) is 18.2 Å². The van der Waals surface area contributed by atoms with Crippen molar-refractivity contribution in [3.8, 4) is 0 Å². The highest BCUT2D eigenvalue weighted by atomic mass is 32.1. The number of ether oxygens (including phenoxy) is 1. The summed E-state index contributed by atoms with van der Waals surface area (Å²) in [4.78, 5) is 15.9. The molecule has 27 heavy (non-hydrogen) atoms. The van der Waals surface area contributed by atoms with E-state index < -0.39 is 0 Å². The van der Waals surface area contributed by atoms with Crippen molar-refractivity contribution in [1.82, 2.24) is 10.2 Å². The minimum atomic E-state index is -0.306. The van der Waals surface area contributed by atoms with Crippen LogP contribution in [0.3, 0.4) is 0 Å². The smallest absolute Gasteiger partial charge is 0.262 e. The maximum absolute atomic E-state index is 14.3. The van der Waals surface area contributed by atoms with Gasteiger partial charge in [-0.1, -0.05) is 19.9 Å². The highest BCUT2D eigenvalue weighted by Gasteiger charge is 2.25. The molecule has 1 saturated heterocycles. The van der Waals surface area contributed by atoms with Crippen LogP contribution in [0.1, 0.15) is 42.4 Å². The summed E-state index contributed by atoms with van der Waals surface area (Å²) in [6.07, 6.45) is 1.27. The summed E-state index contributed by atoms with van der Waals surface area (Å²) in [7, 11) is 1.56. The third-order valence-electron chi connectivity index (χ3n) is 5.11. The zero-order chi connectivity index (χ0) is 19.6. The minimum absolute atomic E-state index is 0.0282. The van der Waals surface area contributed by atoms with Gasteiger partial charge in [0.2, 0.25) is 0 Å². The van der Waals surface area contributed by atoms with Crippen molar-refractivity contribution < 1.29 is 13.9 Å². The van der Waals surface area contributed by atoms with E-state index in [1.165, 1.54) is 23.8 Å². The Kier molecular flexibility index (Phi) is 6.50. The largest absolute Gasteiger partial charge is 0.380 e. The predicted octanol–water partition coefficient (Wildman–Crippen LogP) is 4.28. The van der Waals surface area contributed by atoms with Gasteiger partial charge in [0.25, 0.3) is 5.91 Å². The monoisotopic (exact) mass is 392 g/mol. The Morgan fingerprint density at radius 3 is 2.74 bits per heavy atom. The molecule has 0 radical (unpaired) electrons. The summed E-state index contributed by atoms with van der Waals surface area (Å²) in [6, 6.07) is 4.98. The van der Waals surface area contributed by atoms with Gasteiger partial charge in [0.1, 0.15) is 5.82 Å². The minimum Gasteiger partial charge on any atom is -0.380 e. The SMILES string of the molecule is COCc1c(C(=O)NC(C)CN2CC(C)CC(C)C2)sc2cccc(F)c12. The number of halogens is 1. The van der Waals surface area contributed by atoms with Gasteiger partial charge in [0.05, 0.1) is 11.5 Å². The molecular weight excluding hydrogens is 363 g/mol. The number of nitrogens with one attached hydrogen (secondary N) is 1. The number of likely N-dealkylation sites (tertiary alicyclic amines) is 1. The normalized spacial score (nSPS) is 22.1. The number of piperidine rings is 1. The van der Waals surface area contributed by atoms with E-state index in [9.17, 15) is 9.18 Å². The second-order valence-corrected chi connectivity index (χ2v) is 9.05. The Bertz CT molecular complexity index is 797. The van der Waals surface area contributed by atoms with E-state index >= 15 is 0 Å². The molecule has 1 aliphatic rings. The maximum Gasteiger partial charge on any atom is 0.262 e. The number of methoxy groups -OCH3 is 1. The fraction of sp³-hybridized carbons (Fsp3) is 0.571. The molecule has 6 heteroatoms. The van der Waals surface area contributed by atoms with Crippen LogP contribution < -0.4 is 5.32 Å². The lowest BCUT2D eigenvalue weighted by Crippen LogP contribution is -2.47. The van der Waals surface area contributed by atoms with Crippen molar-refractivity contribution in [3.63, 3.8) is 0 Å². The quantitative estimate of drug-likeness (QED) is 0.798. The lowest BCUT2D eigenvalue weighted by molar-refractivity contribution is 0.0905. The van der Waals surface area contributed by atoms with Gasteiger partial charge in [-0.3, -0.25) is 4.79 Å². The van der Waals surface area contributed by atoms with Crippen molar-refractivity contribution in [3.05, 3.63) is 34.5 Å². The van der Waals surface area contributed by atoms with Gasteiger partial charge in [-0.05, 0) is 37.3 Å². The molecule has 0 bridgehead atoms. The molecule has 4 nitrogen and oxygen atoms in total. The van der Waals surface area contributed by atoms with Crippen LogP contribution in [0.25, 0.3) is 10.1 Å². The second kappa shape index (κ2) is 8.67. The zero-order valence-electron chi connectivity index (χ0n) is 16.5. The van der Waals surface area contributed by atoms with Gasteiger partial charge < -0.3 is 15.0 Å². The summed E-state index contributed by atoms with van der Waals surface area (Å²) in [6.45, 7) is 9.81. The number of fused-ring (bicyclic) bond motifs is 1. The van der Waals surface area contributed by atoms with Gasteiger partial charge in [0.15, 0.2) is 0 Å². The number of thiophene rings is 1. The zero-order valence-corrected chi connectivity index (χ0v) is 17.4. The predicted molar refractivity (Wildman–Crippen MR) is 109 cm³/mol. The van der Waals surface area contributed by atoms with Crippen LogP contribution in [0, 0.1) is 17.7 Å². The van der Waals surface area contributed by atoms with E-state index in [-0.39, 0.29) is 24.4 Å². The Morgan fingerprint density at radius 2 is 2.07 bits per heavy atom. The summed E-state index contributed by atoms with van der Waals surface area (Å²) in [5.41, 5.74) is 0.639. The van der Waals surface area contributed by atoms with Crippen molar-refractivity contribution in [1.29, 1.82) is 0 Å². The van der Waals surface area contributed by atoms with Gasteiger partial charge in [0, 0.05) is 48.4 Å². The summed E-state index contributed by atoms with van der Waals surface area (Å²) in [5, 5.41) is 3.60. The number of carbonyl (C=O) groups excluding carboxylic acids is 1. The van der Waals surface area contributed by atoms with E-state index in [0.717, 1.165) is 24.3 Å². The average Bonchev–Trinajstić information content (AvgIpc) is 2.94. The van der Waals surface area contributed by atoms with E-state index in [2.05, 4.69) is 24.1 Å². The van der Waals surface area contributed by atoms with Crippen LogP contribution in [-0.4, -0.2) is 43.6 Å². The molecular formula is C21H29FN2O2S. The molecule has 0 spiro atoms. The molecule has 2 aromatic rings. The van der Waals surface area contributed by atoms with Crippen LogP contribution in [-0.2, 0) is 11.3 Å². The fourth-order valence-corrected chi connectivity index (χ4v) is 5.42. The third kappa shape index (κ3) is 4.68. The number of amides is 1. The van der Waals surface area contributed by atoms with Gasteiger partial charge in [-0.2, -0.15) is 0 Å². The first-order chi connectivity index (χ1) is 12.9. The summed E-state index contributed by atoms with van der Waals surface area (Å²) < 4.78 is 20.3. The van der Waals surface area contributed by atoms with Crippen molar-refractivity contribution in [2.24, 2.45) is 11.8 Å². The van der Waals surface area contributed by atoms with E-state index in [1.807, 2.05) is 13.0 Å². The Morgan fingerprint density at radius 1 is 1.37 bits per heavy atom. The summed E-state index contributed by atoms with van der Waals surface area (Å²) >= 11 is 1.33. The molecule has 1 aromatic heterocycles.